The summed E-state index contributed by atoms with van der Waals surface area (Å²) in [4.78, 5) is 16.1. The minimum Gasteiger partial charge on any atom is -0.489 e. The largest absolute Gasteiger partial charge is 0.489 e. The SMILES string of the molecule is CNC(=O)c1ncc(OC2CC2)cc1C(C)(C)C. The first kappa shape index (κ1) is 12.9. The fraction of sp³-hybridized carbons (Fsp3) is 0.571. The van der Waals surface area contributed by atoms with Crippen molar-refractivity contribution in [2.24, 2.45) is 0 Å². The molecule has 1 fully saturated rings. The quantitative estimate of drug-likeness (QED) is 0.892. The molecule has 0 aliphatic heterocycles. The lowest BCUT2D eigenvalue weighted by Crippen LogP contribution is -2.25. The smallest absolute Gasteiger partial charge is 0.269 e. The highest BCUT2D eigenvalue weighted by Crippen LogP contribution is 2.31. The van der Waals surface area contributed by atoms with Crippen LogP contribution >= 0.6 is 0 Å². The van der Waals surface area contributed by atoms with Gasteiger partial charge in [0.15, 0.2) is 0 Å². The van der Waals surface area contributed by atoms with Crippen molar-refractivity contribution < 1.29 is 9.53 Å². The van der Waals surface area contributed by atoms with E-state index in [1.807, 2.05) is 6.07 Å². The number of amides is 1. The number of rotatable bonds is 3. The molecule has 0 aromatic carbocycles. The molecule has 1 aromatic rings. The van der Waals surface area contributed by atoms with Gasteiger partial charge in [-0.25, -0.2) is 4.98 Å². The third kappa shape index (κ3) is 2.81. The highest BCUT2D eigenvalue weighted by atomic mass is 16.5. The van der Waals surface area contributed by atoms with Crippen LogP contribution in [0.2, 0.25) is 0 Å². The summed E-state index contributed by atoms with van der Waals surface area (Å²) in [5, 5.41) is 2.62. The topological polar surface area (TPSA) is 51.2 Å². The maximum Gasteiger partial charge on any atom is 0.269 e. The number of carbonyl (C=O) groups excluding carboxylic acids is 1. The maximum absolute atomic E-state index is 11.8. The van der Waals surface area contributed by atoms with Crippen molar-refractivity contribution in [3.8, 4) is 5.75 Å². The van der Waals surface area contributed by atoms with Gasteiger partial charge in [-0.2, -0.15) is 0 Å². The molecule has 4 nitrogen and oxygen atoms in total. The van der Waals surface area contributed by atoms with Crippen molar-refractivity contribution in [1.82, 2.24) is 10.3 Å². The summed E-state index contributed by atoms with van der Waals surface area (Å²) in [6, 6.07) is 1.94. The monoisotopic (exact) mass is 248 g/mol. The molecule has 1 saturated carbocycles. The van der Waals surface area contributed by atoms with Gasteiger partial charge in [0.25, 0.3) is 5.91 Å². The van der Waals surface area contributed by atoms with Gasteiger partial charge < -0.3 is 10.1 Å². The molecule has 0 saturated heterocycles. The Morgan fingerprint density at radius 2 is 2.11 bits per heavy atom. The lowest BCUT2D eigenvalue weighted by Gasteiger charge is -2.22. The Balaban J connectivity index is 2.37. The van der Waals surface area contributed by atoms with E-state index >= 15 is 0 Å². The van der Waals surface area contributed by atoms with Gasteiger partial charge in [0.1, 0.15) is 11.4 Å². The fourth-order valence-electron chi connectivity index (χ4n) is 1.76. The van der Waals surface area contributed by atoms with Gasteiger partial charge >= 0.3 is 0 Å². The third-order valence-electron chi connectivity index (χ3n) is 2.94. The lowest BCUT2D eigenvalue weighted by atomic mass is 9.85. The Bertz CT molecular complexity index is 459. The molecule has 1 heterocycles. The number of carbonyl (C=O) groups is 1. The standard InChI is InChI=1S/C14H20N2O2/c1-14(2,3)11-7-10(18-9-5-6-9)8-16-12(11)13(17)15-4/h7-9H,5-6H2,1-4H3,(H,15,17). The van der Waals surface area contributed by atoms with Gasteiger partial charge in [0.05, 0.1) is 12.3 Å². The molecule has 1 amide bonds. The van der Waals surface area contributed by atoms with Crippen LogP contribution in [0.25, 0.3) is 0 Å². The summed E-state index contributed by atoms with van der Waals surface area (Å²) in [7, 11) is 1.62. The van der Waals surface area contributed by atoms with Gasteiger partial charge in [0.2, 0.25) is 0 Å². The molecule has 1 aliphatic rings. The number of hydrogen-bond acceptors (Lipinski definition) is 3. The van der Waals surface area contributed by atoms with Crippen molar-refractivity contribution >= 4 is 5.91 Å². The minimum atomic E-state index is -0.155. The van der Waals surface area contributed by atoms with Crippen molar-refractivity contribution in [2.75, 3.05) is 7.05 Å². The highest BCUT2D eigenvalue weighted by molar-refractivity contribution is 5.94. The predicted molar refractivity (Wildman–Crippen MR) is 70.0 cm³/mol. The number of pyridine rings is 1. The van der Waals surface area contributed by atoms with Crippen molar-refractivity contribution in [2.45, 2.75) is 45.1 Å². The molecule has 1 N–H and O–H groups in total. The fourth-order valence-corrected chi connectivity index (χ4v) is 1.76. The Kier molecular flexibility index (Phi) is 3.28. The van der Waals surface area contributed by atoms with Gasteiger partial charge in [-0.05, 0) is 29.9 Å². The Hall–Kier alpha value is -1.58. The average molecular weight is 248 g/mol. The van der Waals surface area contributed by atoms with Gasteiger partial charge in [-0.3, -0.25) is 4.79 Å². The molecule has 18 heavy (non-hydrogen) atoms. The molecule has 0 radical (unpaired) electrons. The zero-order chi connectivity index (χ0) is 13.3. The van der Waals surface area contributed by atoms with Crippen LogP contribution in [0, 0.1) is 0 Å². The predicted octanol–water partition coefficient (Wildman–Crippen LogP) is 2.28. The van der Waals surface area contributed by atoms with E-state index < -0.39 is 0 Å². The first-order valence-corrected chi connectivity index (χ1v) is 6.31. The lowest BCUT2D eigenvalue weighted by molar-refractivity contribution is 0.0955. The summed E-state index contributed by atoms with van der Waals surface area (Å²) in [5.41, 5.74) is 1.26. The summed E-state index contributed by atoms with van der Waals surface area (Å²) in [6.45, 7) is 6.20. The summed E-state index contributed by atoms with van der Waals surface area (Å²) in [5.74, 6) is 0.605. The second kappa shape index (κ2) is 4.59. The average Bonchev–Trinajstić information content (AvgIpc) is 3.11. The molecule has 0 atom stereocenters. The minimum absolute atomic E-state index is 0.141. The molecule has 2 rings (SSSR count). The molecular formula is C14H20N2O2. The third-order valence-corrected chi connectivity index (χ3v) is 2.94. The number of nitrogens with one attached hydrogen (secondary N) is 1. The highest BCUT2D eigenvalue weighted by Gasteiger charge is 2.27. The van der Waals surface area contributed by atoms with E-state index in [1.54, 1.807) is 13.2 Å². The number of nitrogens with zero attached hydrogens (tertiary/aromatic N) is 1. The number of ether oxygens (including phenoxy) is 1. The van der Waals surface area contributed by atoms with E-state index in [2.05, 4.69) is 31.1 Å². The molecule has 0 unspecified atom stereocenters. The summed E-state index contributed by atoms with van der Waals surface area (Å²) < 4.78 is 5.74. The van der Waals surface area contributed by atoms with Gasteiger partial charge in [-0.1, -0.05) is 20.8 Å². The van der Waals surface area contributed by atoms with E-state index in [0.717, 1.165) is 24.2 Å². The van der Waals surface area contributed by atoms with E-state index in [1.165, 1.54) is 0 Å². The van der Waals surface area contributed by atoms with Crippen molar-refractivity contribution in [1.29, 1.82) is 0 Å². The molecule has 4 heteroatoms. The van der Waals surface area contributed by atoms with Crippen LogP contribution in [0.1, 0.15) is 49.7 Å². The van der Waals surface area contributed by atoms with Crippen LogP contribution < -0.4 is 10.1 Å². The van der Waals surface area contributed by atoms with E-state index in [4.69, 9.17) is 4.74 Å². The zero-order valence-corrected chi connectivity index (χ0v) is 11.4. The van der Waals surface area contributed by atoms with E-state index in [0.29, 0.717) is 11.8 Å². The van der Waals surface area contributed by atoms with Gasteiger partial charge in [-0.15, -0.1) is 0 Å². The van der Waals surface area contributed by atoms with Crippen LogP contribution in [0.5, 0.6) is 5.75 Å². The van der Waals surface area contributed by atoms with Crippen LogP contribution in [-0.2, 0) is 5.41 Å². The van der Waals surface area contributed by atoms with E-state index in [-0.39, 0.29) is 11.3 Å². The van der Waals surface area contributed by atoms with Crippen LogP contribution in [0.3, 0.4) is 0 Å². The van der Waals surface area contributed by atoms with Crippen molar-refractivity contribution in [3.05, 3.63) is 23.5 Å². The van der Waals surface area contributed by atoms with E-state index in [9.17, 15) is 4.79 Å². The summed E-state index contributed by atoms with van der Waals surface area (Å²) in [6.07, 6.45) is 4.20. The Labute approximate surface area is 108 Å². The number of hydrogen-bond donors (Lipinski definition) is 1. The molecule has 1 aromatic heterocycles. The Morgan fingerprint density at radius 1 is 1.44 bits per heavy atom. The molecule has 1 aliphatic carbocycles. The van der Waals surface area contributed by atoms with Crippen LogP contribution in [0.4, 0.5) is 0 Å². The van der Waals surface area contributed by atoms with Crippen LogP contribution in [-0.4, -0.2) is 24.0 Å². The summed E-state index contributed by atoms with van der Waals surface area (Å²) >= 11 is 0. The zero-order valence-electron chi connectivity index (χ0n) is 11.4. The Morgan fingerprint density at radius 3 is 2.61 bits per heavy atom. The normalized spacial score (nSPS) is 15.3. The molecule has 0 bridgehead atoms. The molecule has 98 valence electrons. The second-order valence-electron chi connectivity index (χ2n) is 5.71. The molecular weight excluding hydrogens is 228 g/mol. The van der Waals surface area contributed by atoms with Gasteiger partial charge in [0, 0.05) is 7.05 Å². The molecule has 0 spiro atoms. The van der Waals surface area contributed by atoms with Crippen LogP contribution in [0.15, 0.2) is 12.3 Å². The van der Waals surface area contributed by atoms with Crippen molar-refractivity contribution in [3.63, 3.8) is 0 Å². The maximum atomic E-state index is 11.8. The number of aromatic nitrogens is 1. The second-order valence-corrected chi connectivity index (χ2v) is 5.71. The first-order valence-electron chi connectivity index (χ1n) is 6.31. The first-order chi connectivity index (χ1) is 8.41.